The molecule has 1 fully saturated rings. The molecule has 1 aliphatic carbocycles. The summed E-state index contributed by atoms with van der Waals surface area (Å²) in [5.41, 5.74) is 3.74. The monoisotopic (exact) mass is 483 g/mol. The second-order valence-electron chi connectivity index (χ2n) is 9.93. The smallest absolute Gasteiger partial charge is 0.250 e. The minimum Gasteiger partial charge on any atom is -0.467 e. The highest BCUT2D eigenvalue weighted by atomic mass is 16.3. The molecule has 2 amide bonds. The van der Waals surface area contributed by atoms with E-state index in [0.717, 1.165) is 52.7 Å². The molecule has 0 unspecified atom stereocenters. The van der Waals surface area contributed by atoms with Crippen molar-refractivity contribution in [2.45, 2.75) is 64.5 Å². The van der Waals surface area contributed by atoms with Crippen molar-refractivity contribution >= 4 is 28.4 Å². The summed E-state index contributed by atoms with van der Waals surface area (Å²) in [5, 5.41) is 4.29. The summed E-state index contributed by atoms with van der Waals surface area (Å²) < 4.78 is 5.65. The number of nitrogens with zero attached hydrogens (tertiary/aromatic N) is 1. The molecule has 1 saturated carbocycles. The Morgan fingerprint density at radius 2 is 1.72 bits per heavy atom. The Kier molecular flexibility index (Phi) is 6.68. The first-order valence-electron chi connectivity index (χ1n) is 12.7. The number of nitrogens with one attached hydrogen (secondary N) is 2. The number of furan rings is 1. The summed E-state index contributed by atoms with van der Waals surface area (Å²) >= 11 is 0. The maximum Gasteiger partial charge on any atom is 0.250 e. The van der Waals surface area contributed by atoms with E-state index in [1.54, 1.807) is 11.2 Å². The van der Waals surface area contributed by atoms with Crippen LogP contribution >= 0.6 is 0 Å². The van der Waals surface area contributed by atoms with Crippen molar-refractivity contribution in [1.82, 2.24) is 9.88 Å². The van der Waals surface area contributed by atoms with E-state index in [0.29, 0.717) is 18.6 Å². The van der Waals surface area contributed by atoms with Crippen LogP contribution in [0.5, 0.6) is 0 Å². The van der Waals surface area contributed by atoms with Crippen LogP contribution in [-0.4, -0.2) is 27.2 Å². The SMILES string of the molecule is Cc1cccc(C)c1NC(=O)C1(N(Cc2ccco2)C(=O)Cc2cc3ccccc3[nH]2)CCCCC1. The van der Waals surface area contributed by atoms with Gasteiger partial charge in [0.2, 0.25) is 11.8 Å². The van der Waals surface area contributed by atoms with Gasteiger partial charge in [-0.15, -0.1) is 0 Å². The predicted octanol–water partition coefficient (Wildman–Crippen LogP) is 6.29. The Balaban J connectivity index is 1.50. The number of H-pyrrole nitrogens is 1. The third kappa shape index (κ3) is 4.68. The van der Waals surface area contributed by atoms with Gasteiger partial charge in [-0.1, -0.05) is 55.7 Å². The van der Waals surface area contributed by atoms with Crippen LogP contribution < -0.4 is 5.32 Å². The van der Waals surface area contributed by atoms with Crippen LogP contribution in [-0.2, 0) is 22.6 Å². The van der Waals surface area contributed by atoms with E-state index in [1.165, 1.54) is 0 Å². The third-order valence-corrected chi connectivity index (χ3v) is 7.46. The molecule has 0 bridgehead atoms. The van der Waals surface area contributed by atoms with Crippen LogP contribution in [0.25, 0.3) is 10.9 Å². The van der Waals surface area contributed by atoms with E-state index in [4.69, 9.17) is 4.42 Å². The first-order chi connectivity index (χ1) is 17.5. The fraction of sp³-hybridized carbons (Fsp3) is 0.333. The number of rotatable bonds is 7. The Bertz CT molecular complexity index is 1310. The number of carbonyl (C=O) groups is 2. The maximum absolute atomic E-state index is 14.1. The molecular weight excluding hydrogens is 450 g/mol. The van der Waals surface area contributed by atoms with Gasteiger partial charge in [-0.3, -0.25) is 9.59 Å². The topological polar surface area (TPSA) is 78.3 Å². The van der Waals surface area contributed by atoms with Crippen LogP contribution in [0.1, 0.15) is 54.7 Å². The average molecular weight is 484 g/mol. The number of aromatic amines is 1. The van der Waals surface area contributed by atoms with Gasteiger partial charge in [0.05, 0.1) is 19.2 Å². The molecule has 0 radical (unpaired) electrons. The van der Waals surface area contributed by atoms with Crippen LogP contribution in [0.4, 0.5) is 5.69 Å². The number of anilines is 1. The van der Waals surface area contributed by atoms with E-state index in [-0.39, 0.29) is 24.8 Å². The Morgan fingerprint density at radius 3 is 2.42 bits per heavy atom. The zero-order chi connectivity index (χ0) is 25.1. The van der Waals surface area contributed by atoms with Gasteiger partial charge in [0.15, 0.2) is 0 Å². The number of aryl methyl sites for hydroxylation is 2. The van der Waals surface area contributed by atoms with E-state index in [2.05, 4.69) is 10.3 Å². The van der Waals surface area contributed by atoms with Gasteiger partial charge < -0.3 is 19.6 Å². The molecule has 0 atom stereocenters. The lowest BCUT2D eigenvalue weighted by molar-refractivity contribution is -0.148. The van der Waals surface area contributed by atoms with Crippen molar-refractivity contribution in [1.29, 1.82) is 0 Å². The molecule has 4 aromatic rings. The summed E-state index contributed by atoms with van der Waals surface area (Å²) in [7, 11) is 0. The van der Waals surface area contributed by atoms with Crippen molar-refractivity contribution in [2.24, 2.45) is 0 Å². The highest BCUT2D eigenvalue weighted by Gasteiger charge is 2.47. The number of carbonyl (C=O) groups excluding carboxylic acids is 2. The standard InChI is InChI=1S/C30H33N3O3/c1-21-10-8-11-22(2)28(21)32-29(35)30(15-6-3-7-16-30)33(20-25-13-9-17-36-25)27(34)19-24-18-23-12-4-5-14-26(23)31-24/h4-5,8-14,17-18,31H,3,6-7,15-16,19-20H2,1-2H3,(H,32,35). The highest BCUT2D eigenvalue weighted by Crippen LogP contribution is 2.37. The molecule has 0 aliphatic heterocycles. The Hall–Kier alpha value is -3.80. The Labute approximate surface area is 211 Å². The molecule has 5 rings (SSSR count). The van der Waals surface area contributed by atoms with Crippen molar-refractivity contribution in [3.63, 3.8) is 0 Å². The summed E-state index contributed by atoms with van der Waals surface area (Å²) in [6.07, 6.45) is 5.91. The van der Waals surface area contributed by atoms with E-state index in [9.17, 15) is 9.59 Å². The van der Waals surface area contributed by atoms with Gasteiger partial charge in [0.25, 0.3) is 0 Å². The molecule has 6 nitrogen and oxygen atoms in total. The lowest BCUT2D eigenvalue weighted by Gasteiger charge is -2.45. The lowest BCUT2D eigenvalue weighted by Crippen LogP contribution is -2.60. The largest absolute Gasteiger partial charge is 0.467 e. The second-order valence-corrected chi connectivity index (χ2v) is 9.93. The Morgan fingerprint density at radius 1 is 0.972 bits per heavy atom. The van der Waals surface area contributed by atoms with Crippen LogP contribution in [0.15, 0.2) is 71.3 Å². The molecule has 36 heavy (non-hydrogen) atoms. The van der Waals surface area contributed by atoms with Gasteiger partial charge in [0.1, 0.15) is 11.3 Å². The molecular formula is C30H33N3O3. The van der Waals surface area contributed by atoms with Crippen molar-refractivity contribution in [3.8, 4) is 0 Å². The molecule has 2 heterocycles. The number of para-hydroxylation sites is 2. The van der Waals surface area contributed by atoms with Gasteiger partial charge in [-0.25, -0.2) is 0 Å². The van der Waals surface area contributed by atoms with Crippen molar-refractivity contribution in [3.05, 3.63) is 89.5 Å². The van der Waals surface area contributed by atoms with Gasteiger partial charge >= 0.3 is 0 Å². The zero-order valence-corrected chi connectivity index (χ0v) is 21.0. The van der Waals surface area contributed by atoms with Crippen LogP contribution in [0.2, 0.25) is 0 Å². The summed E-state index contributed by atoms with van der Waals surface area (Å²) in [5.74, 6) is 0.470. The van der Waals surface area contributed by atoms with Gasteiger partial charge in [-0.2, -0.15) is 0 Å². The summed E-state index contributed by atoms with van der Waals surface area (Å²) in [6, 6.07) is 19.7. The highest BCUT2D eigenvalue weighted by molar-refractivity contribution is 6.01. The number of hydrogen-bond donors (Lipinski definition) is 2. The van der Waals surface area contributed by atoms with E-state index in [1.807, 2.05) is 74.5 Å². The molecule has 1 aliphatic rings. The lowest BCUT2D eigenvalue weighted by atomic mass is 9.78. The molecule has 6 heteroatoms. The summed E-state index contributed by atoms with van der Waals surface area (Å²) in [4.78, 5) is 33.3. The van der Waals surface area contributed by atoms with E-state index < -0.39 is 5.54 Å². The number of amides is 2. The maximum atomic E-state index is 14.1. The minimum atomic E-state index is -0.942. The third-order valence-electron chi connectivity index (χ3n) is 7.46. The average Bonchev–Trinajstić information content (AvgIpc) is 3.54. The summed E-state index contributed by atoms with van der Waals surface area (Å²) in [6.45, 7) is 4.25. The number of benzene rings is 2. The first kappa shape index (κ1) is 23.9. The fourth-order valence-electron chi connectivity index (χ4n) is 5.52. The van der Waals surface area contributed by atoms with Gasteiger partial charge in [-0.05, 0) is 67.5 Å². The first-order valence-corrected chi connectivity index (χ1v) is 12.7. The molecule has 186 valence electrons. The minimum absolute atomic E-state index is 0.0866. The van der Waals surface area contributed by atoms with Crippen molar-refractivity contribution in [2.75, 3.05) is 5.32 Å². The van der Waals surface area contributed by atoms with Crippen molar-refractivity contribution < 1.29 is 14.0 Å². The second kappa shape index (κ2) is 10.1. The number of fused-ring (bicyclic) bond motifs is 1. The number of aromatic nitrogens is 1. The molecule has 0 saturated heterocycles. The van der Waals surface area contributed by atoms with E-state index >= 15 is 0 Å². The molecule has 2 aromatic heterocycles. The molecule has 2 N–H and O–H groups in total. The zero-order valence-electron chi connectivity index (χ0n) is 21.0. The number of hydrogen-bond acceptors (Lipinski definition) is 3. The van der Waals surface area contributed by atoms with Crippen LogP contribution in [0.3, 0.4) is 0 Å². The van der Waals surface area contributed by atoms with Gasteiger partial charge in [0, 0.05) is 16.9 Å². The molecule has 0 spiro atoms. The predicted molar refractivity (Wildman–Crippen MR) is 142 cm³/mol. The van der Waals surface area contributed by atoms with Crippen LogP contribution in [0, 0.1) is 13.8 Å². The fourth-order valence-corrected chi connectivity index (χ4v) is 5.52. The molecule has 2 aromatic carbocycles. The quantitative estimate of drug-likeness (QED) is 0.324. The normalized spacial score (nSPS) is 15.1.